The summed E-state index contributed by atoms with van der Waals surface area (Å²) in [5.41, 5.74) is 2.82. The Bertz CT molecular complexity index is 1370. The number of carboxylic acid groups (broad SMARTS) is 2. The highest BCUT2D eigenvalue weighted by atomic mass is 16.4. The number of hydrogen-bond acceptors (Lipinski definition) is 4. The minimum absolute atomic E-state index is 0.159. The van der Waals surface area contributed by atoms with E-state index in [1.807, 2.05) is 48.6 Å². The van der Waals surface area contributed by atoms with Crippen LogP contribution in [0.2, 0.25) is 0 Å². The van der Waals surface area contributed by atoms with Crippen LogP contribution in [0.5, 0.6) is 11.5 Å². The smallest absolute Gasteiger partial charge is 0.339 e. The van der Waals surface area contributed by atoms with Crippen LogP contribution < -0.4 is 0 Å². The number of carboxylic acids is 2. The van der Waals surface area contributed by atoms with Crippen molar-refractivity contribution in [3.63, 3.8) is 0 Å². The number of aromatic hydroxyl groups is 2. The molecule has 4 aromatic carbocycles. The zero-order chi connectivity index (χ0) is 24.2. The quantitative estimate of drug-likeness (QED) is 0.267. The van der Waals surface area contributed by atoms with Crippen LogP contribution in [0.1, 0.15) is 43.0 Å². The molecule has 0 aliphatic carbocycles. The van der Waals surface area contributed by atoms with Gasteiger partial charge in [0.15, 0.2) is 0 Å². The van der Waals surface area contributed by atoms with Crippen LogP contribution in [-0.2, 0) is 0 Å². The lowest BCUT2D eigenvalue weighted by Crippen LogP contribution is -1.96. The van der Waals surface area contributed by atoms with Crippen molar-refractivity contribution in [1.82, 2.24) is 0 Å². The fourth-order valence-electron chi connectivity index (χ4n) is 3.67. The summed E-state index contributed by atoms with van der Waals surface area (Å²) in [5.74, 6) is -2.96. The van der Waals surface area contributed by atoms with Crippen molar-refractivity contribution in [1.29, 1.82) is 0 Å². The fourth-order valence-corrected chi connectivity index (χ4v) is 3.67. The average molecular weight is 452 g/mol. The van der Waals surface area contributed by atoms with Gasteiger partial charge < -0.3 is 20.4 Å². The molecule has 6 heteroatoms. The second-order valence-electron chi connectivity index (χ2n) is 7.62. The molecule has 168 valence electrons. The van der Waals surface area contributed by atoms with Gasteiger partial charge >= 0.3 is 11.9 Å². The van der Waals surface area contributed by atoms with Crippen molar-refractivity contribution in [3.8, 4) is 11.5 Å². The molecule has 0 unspecified atom stereocenters. The van der Waals surface area contributed by atoms with Crippen LogP contribution >= 0.6 is 0 Å². The van der Waals surface area contributed by atoms with Gasteiger partial charge in [-0.05, 0) is 57.3 Å². The molecule has 4 aromatic rings. The third-order valence-electron chi connectivity index (χ3n) is 5.40. The number of fused-ring (bicyclic) bond motifs is 1. The van der Waals surface area contributed by atoms with E-state index >= 15 is 0 Å². The first kappa shape index (κ1) is 22.4. The Morgan fingerprint density at radius 1 is 0.559 bits per heavy atom. The van der Waals surface area contributed by atoms with Crippen LogP contribution in [0, 0.1) is 0 Å². The van der Waals surface area contributed by atoms with Gasteiger partial charge in [-0.1, -0.05) is 72.8 Å². The summed E-state index contributed by atoms with van der Waals surface area (Å²) in [6.07, 6.45) is 7.33. The summed E-state index contributed by atoms with van der Waals surface area (Å²) in [6, 6.07) is 20.5. The van der Waals surface area contributed by atoms with Crippen LogP contribution in [-0.4, -0.2) is 32.4 Å². The van der Waals surface area contributed by atoms with Gasteiger partial charge in [-0.25, -0.2) is 9.59 Å². The Labute approximate surface area is 195 Å². The van der Waals surface area contributed by atoms with Gasteiger partial charge in [0.2, 0.25) is 0 Å². The predicted molar refractivity (Wildman–Crippen MR) is 132 cm³/mol. The number of benzene rings is 4. The maximum Gasteiger partial charge on any atom is 0.339 e. The molecule has 0 saturated carbocycles. The van der Waals surface area contributed by atoms with Gasteiger partial charge in [0.1, 0.15) is 22.6 Å². The first-order chi connectivity index (χ1) is 16.3. The Morgan fingerprint density at radius 3 is 1.35 bits per heavy atom. The van der Waals surface area contributed by atoms with Gasteiger partial charge in [-0.3, -0.25) is 0 Å². The maximum atomic E-state index is 11.3. The molecule has 0 radical (unpaired) electrons. The molecule has 0 aliphatic rings. The van der Waals surface area contributed by atoms with Gasteiger partial charge in [0.05, 0.1) is 0 Å². The number of hydrogen-bond donors (Lipinski definition) is 4. The number of phenols is 2. The van der Waals surface area contributed by atoms with E-state index in [1.54, 1.807) is 24.3 Å². The molecule has 0 saturated heterocycles. The molecule has 0 aromatic heterocycles. The summed E-state index contributed by atoms with van der Waals surface area (Å²) in [4.78, 5) is 22.5. The van der Waals surface area contributed by atoms with Crippen LogP contribution in [0.4, 0.5) is 0 Å². The van der Waals surface area contributed by atoms with Gasteiger partial charge in [-0.2, -0.15) is 0 Å². The number of rotatable bonds is 6. The topological polar surface area (TPSA) is 115 Å². The van der Waals surface area contributed by atoms with Crippen LogP contribution in [0.25, 0.3) is 35.1 Å². The molecule has 0 amide bonds. The largest absolute Gasteiger partial charge is 0.507 e. The molecule has 0 atom stereocenters. The average Bonchev–Trinajstić information content (AvgIpc) is 2.83. The minimum atomic E-state index is -1.20. The standard InChI is InChI=1S/C28H20O6/c29-25-13-7-17(15-23(25)27(31)32)5-9-19-11-12-20(22-4-2-1-3-21(19)22)10-6-18-8-14-26(30)24(16-18)28(33)34/h1-16,29-30H,(H,31,32)(H,33,34)/b9-5+,10-6+. The molecule has 34 heavy (non-hydrogen) atoms. The van der Waals surface area contributed by atoms with Crippen molar-refractivity contribution in [3.05, 3.63) is 106 Å². The number of aromatic carboxylic acids is 2. The minimum Gasteiger partial charge on any atom is -0.507 e. The van der Waals surface area contributed by atoms with Crippen molar-refractivity contribution in [2.24, 2.45) is 0 Å². The second kappa shape index (κ2) is 9.34. The summed E-state index contributed by atoms with van der Waals surface area (Å²) >= 11 is 0. The zero-order valence-electron chi connectivity index (χ0n) is 17.8. The molecule has 0 aliphatic heterocycles. The fraction of sp³-hybridized carbons (Fsp3) is 0. The van der Waals surface area contributed by atoms with E-state index in [0.29, 0.717) is 11.1 Å². The third-order valence-corrected chi connectivity index (χ3v) is 5.40. The predicted octanol–water partition coefficient (Wildman–Crippen LogP) is 5.99. The van der Waals surface area contributed by atoms with Crippen LogP contribution in [0.3, 0.4) is 0 Å². The van der Waals surface area contributed by atoms with Crippen molar-refractivity contribution >= 4 is 47.0 Å². The summed E-state index contributed by atoms with van der Waals surface area (Å²) in [7, 11) is 0. The second-order valence-corrected chi connectivity index (χ2v) is 7.62. The Morgan fingerprint density at radius 2 is 0.971 bits per heavy atom. The van der Waals surface area contributed by atoms with E-state index in [4.69, 9.17) is 0 Å². The third kappa shape index (κ3) is 4.66. The van der Waals surface area contributed by atoms with Crippen LogP contribution in [0.15, 0.2) is 72.8 Å². The monoisotopic (exact) mass is 452 g/mol. The summed E-state index contributed by atoms with van der Waals surface area (Å²) in [6.45, 7) is 0. The molecule has 4 N–H and O–H groups in total. The highest BCUT2D eigenvalue weighted by Gasteiger charge is 2.10. The van der Waals surface area contributed by atoms with E-state index in [1.165, 1.54) is 24.3 Å². The molecular weight excluding hydrogens is 432 g/mol. The molecule has 0 spiro atoms. The first-order valence-electron chi connectivity index (χ1n) is 10.3. The Kier molecular flexibility index (Phi) is 6.14. The van der Waals surface area contributed by atoms with Crippen molar-refractivity contribution < 1.29 is 30.0 Å². The lowest BCUT2D eigenvalue weighted by molar-refractivity contribution is 0.0682. The van der Waals surface area contributed by atoms with Gasteiger partial charge in [0, 0.05) is 0 Å². The van der Waals surface area contributed by atoms with E-state index in [2.05, 4.69) is 0 Å². The molecule has 0 fully saturated rings. The van der Waals surface area contributed by atoms with E-state index < -0.39 is 11.9 Å². The highest BCUT2D eigenvalue weighted by Crippen LogP contribution is 2.27. The van der Waals surface area contributed by atoms with Crippen molar-refractivity contribution in [2.45, 2.75) is 0 Å². The Balaban J connectivity index is 1.68. The molecule has 6 nitrogen and oxygen atoms in total. The summed E-state index contributed by atoms with van der Waals surface area (Å²) in [5, 5.41) is 39.8. The van der Waals surface area contributed by atoms with E-state index in [0.717, 1.165) is 21.9 Å². The summed E-state index contributed by atoms with van der Waals surface area (Å²) < 4.78 is 0. The molecule has 0 bridgehead atoms. The molecule has 0 heterocycles. The number of carbonyl (C=O) groups is 2. The van der Waals surface area contributed by atoms with E-state index in [9.17, 15) is 30.0 Å². The lowest BCUT2D eigenvalue weighted by Gasteiger charge is -2.07. The Hall–Kier alpha value is -4.84. The zero-order valence-corrected chi connectivity index (χ0v) is 17.8. The molecular formula is C28H20O6. The normalized spacial score (nSPS) is 11.4. The lowest BCUT2D eigenvalue weighted by atomic mass is 9.97. The maximum absolute atomic E-state index is 11.3. The van der Waals surface area contributed by atoms with E-state index in [-0.39, 0.29) is 22.6 Å². The SMILES string of the molecule is O=C(O)c1cc(/C=C/c2ccc(/C=C/c3ccc(O)c(C(=O)O)c3)c3ccccc23)ccc1O. The highest BCUT2D eigenvalue weighted by molar-refractivity contribution is 5.99. The van der Waals surface area contributed by atoms with Gasteiger partial charge in [0.25, 0.3) is 0 Å². The van der Waals surface area contributed by atoms with Gasteiger partial charge in [-0.15, -0.1) is 0 Å². The first-order valence-corrected chi connectivity index (χ1v) is 10.3. The molecule has 4 rings (SSSR count). The van der Waals surface area contributed by atoms with Crippen molar-refractivity contribution in [2.75, 3.05) is 0 Å².